The number of aryl methyl sites for hydroxylation is 2. The van der Waals surface area contributed by atoms with Gasteiger partial charge in [0.05, 0.1) is 20.9 Å². The lowest BCUT2D eigenvalue weighted by molar-refractivity contribution is -0.119. The summed E-state index contributed by atoms with van der Waals surface area (Å²) in [5, 5.41) is 35.2. The van der Waals surface area contributed by atoms with Crippen molar-refractivity contribution in [1.82, 2.24) is 0 Å². The fourth-order valence-electron chi connectivity index (χ4n) is 9.65. The molecule has 3 aliphatic rings. The Kier molecular flexibility index (Phi) is 17.3. The Morgan fingerprint density at radius 1 is 0.627 bits per heavy atom. The highest BCUT2D eigenvalue weighted by atomic mass is 32.2. The molecule has 5 N–H and O–H groups in total. The largest absolute Gasteiger partial charge is 0.508 e. The maximum Gasteiger partial charge on any atom is 0.239 e. The number of benzene rings is 6. The lowest BCUT2D eigenvalue weighted by atomic mass is 9.85. The van der Waals surface area contributed by atoms with Gasteiger partial charge in [-0.25, -0.2) is 8.42 Å². The van der Waals surface area contributed by atoms with E-state index < -0.39 is 31.1 Å². The summed E-state index contributed by atoms with van der Waals surface area (Å²) in [6, 6.07) is 38.4. The van der Waals surface area contributed by atoms with Crippen molar-refractivity contribution in [2.24, 2.45) is 0 Å². The van der Waals surface area contributed by atoms with Gasteiger partial charge in [0.15, 0.2) is 21.4 Å². The average molecular weight is 1070 g/mol. The molecule has 4 atom stereocenters. The molecule has 6 aromatic rings. The minimum Gasteiger partial charge on any atom is -0.508 e. The number of phenolic OH excluding ortho intramolecular Hbond substituents is 3. The molecule has 3 aliphatic heterocycles. The van der Waals surface area contributed by atoms with Crippen molar-refractivity contribution in [2.45, 2.75) is 148 Å². The van der Waals surface area contributed by atoms with Crippen molar-refractivity contribution in [3.63, 3.8) is 0 Å². The number of hydrogen-bond donors (Lipinski definition) is 5. The predicted molar refractivity (Wildman–Crippen MR) is 302 cm³/mol. The highest BCUT2D eigenvalue weighted by Gasteiger charge is 2.38. The summed E-state index contributed by atoms with van der Waals surface area (Å²) in [5.74, 6) is 0.163. The van der Waals surface area contributed by atoms with Gasteiger partial charge in [0.25, 0.3) is 0 Å². The number of anilines is 2. The summed E-state index contributed by atoms with van der Waals surface area (Å²) in [4.78, 5) is 40.1. The van der Waals surface area contributed by atoms with Gasteiger partial charge < -0.3 is 26.0 Å². The zero-order valence-corrected chi connectivity index (χ0v) is 46.8. The van der Waals surface area contributed by atoms with Gasteiger partial charge in [0, 0.05) is 46.6 Å². The molecular formula is C61H70N2O9S3. The van der Waals surface area contributed by atoms with E-state index in [-0.39, 0.29) is 74.0 Å². The molecule has 11 nitrogen and oxygen atoms in total. The van der Waals surface area contributed by atoms with Crippen molar-refractivity contribution in [1.29, 1.82) is 0 Å². The zero-order valence-electron chi connectivity index (χ0n) is 44.3. The van der Waals surface area contributed by atoms with Crippen molar-refractivity contribution < 1.29 is 42.3 Å². The molecule has 0 aliphatic carbocycles. The van der Waals surface area contributed by atoms with Crippen LogP contribution in [-0.4, -0.2) is 67.7 Å². The van der Waals surface area contributed by atoms with Crippen LogP contribution < -0.4 is 10.6 Å². The molecule has 3 heterocycles. The van der Waals surface area contributed by atoms with Crippen LogP contribution in [0.2, 0.25) is 0 Å². The van der Waals surface area contributed by atoms with Crippen LogP contribution in [0.3, 0.4) is 0 Å². The number of nitrogens with one attached hydrogen (secondary N) is 2. The first kappa shape index (κ1) is 56.5. The van der Waals surface area contributed by atoms with E-state index in [9.17, 15) is 42.3 Å². The SMILES string of the molecule is CC(C)(C)c1ccc(CC(=O)C2CCc3ccccc3S2(=O)=O)cc1O.CC(C)(C)c1ccc(CC(=O)C2CCc3ccccc3S2=O)cc1O.CC(C)(C)c1ccc(NC(=O)C2CNc3ccccc3S2)cc1O. The molecule has 9 rings (SSSR count). The number of aromatic hydroxyl groups is 3. The topological polar surface area (TPSA) is 187 Å². The van der Waals surface area contributed by atoms with Crippen LogP contribution >= 0.6 is 11.8 Å². The lowest BCUT2D eigenvalue weighted by Gasteiger charge is -2.25. The Labute approximate surface area is 449 Å². The number of Topliss-reactive ketones (excluding diaryl/α,β-unsaturated/α-hetero) is 2. The molecule has 0 aromatic heterocycles. The molecule has 0 saturated carbocycles. The van der Waals surface area contributed by atoms with E-state index in [1.807, 2.05) is 147 Å². The molecular weight excluding hydrogens is 1000 g/mol. The van der Waals surface area contributed by atoms with E-state index in [1.54, 1.807) is 54.2 Å². The maximum atomic E-state index is 12.8. The first-order valence-corrected chi connectivity index (χ1v) is 29.0. The Bertz CT molecular complexity index is 3240. The minimum absolute atomic E-state index is 0.00401. The van der Waals surface area contributed by atoms with E-state index in [2.05, 4.69) is 10.6 Å². The molecule has 396 valence electrons. The smallest absolute Gasteiger partial charge is 0.239 e. The second-order valence-electron chi connectivity index (χ2n) is 22.6. The van der Waals surface area contributed by atoms with Crippen LogP contribution in [0.15, 0.2) is 142 Å². The third-order valence-electron chi connectivity index (χ3n) is 13.7. The predicted octanol–water partition coefficient (Wildman–Crippen LogP) is 11.7. The monoisotopic (exact) mass is 1070 g/mol. The number of hydrogen-bond acceptors (Lipinski definition) is 11. The van der Waals surface area contributed by atoms with E-state index in [1.165, 1.54) is 0 Å². The summed E-state index contributed by atoms with van der Waals surface area (Å²) in [6.45, 7) is 18.8. The van der Waals surface area contributed by atoms with Crippen LogP contribution in [0.25, 0.3) is 0 Å². The fourth-order valence-corrected chi connectivity index (χ4v) is 14.3. The molecule has 0 bridgehead atoms. The molecule has 75 heavy (non-hydrogen) atoms. The molecule has 1 amide bonds. The van der Waals surface area contributed by atoms with Crippen molar-refractivity contribution >= 4 is 61.2 Å². The second kappa shape index (κ2) is 22.9. The first-order valence-electron chi connectivity index (χ1n) is 25.4. The van der Waals surface area contributed by atoms with Crippen LogP contribution in [0, 0.1) is 0 Å². The Hall–Kier alpha value is -6.22. The van der Waals surface area contributed by atoms with E-state index in [0.29, 0.717) is 37.1 Å². The quantitative estimate of drug-likeness (QED) is 0.0976. The van der Waals surface area contributed by atoms with Gasteiger partial charge in [-0.2, -0.15) is 0 Å². The number of amides is 1. The highest BCUT2D eigenvalue weighted by molar-refractivity contribution is 8.01. The first-order chi connectivity index (χ1) is 35.2. The summed E-state index contributed by atoms with van der Waals surface area (Å²) in [7, 11) is -4.95. The number of fused-ring (bicyclic) bond motifs is 3. The van der Waals surface area contributed by atoms with Gasteiger partial charge in [-0.15, -0.1) is 11.8 Å². The summed E-state index contributed by atoms with van der Waals surface area (Å²) >= 11 is 1.56. The fraction of sp³-hybridized carbons (Fsp3) is 0.361. The number of carbonyl (C=O) groups is 3. The van der Waals surface area contributed by atoms with Gasteiger partial charge in [-0.3, -0.25) is 18.6 Å². The third kappa shape index (κ3) is 13.6. The molecule has 0 saturated heterocycles. The Balaban J connectivity index is 0.000000164. The van der Waals surface area contributed by atoms with Gasteiger partial charge in [-0.1, -0.05) is 141 Å². The molecule has 0 fully saturated rings. The number of sulfone groups is 1. The van der Waals surface area contributed by atoms with Gasteiger partial charge in [0.2, 0.25) is 5.91 Å². The molecule has 4 unspecified atom stereocenters. The molecule has 14 heteroatoms. The van der Waals surface area contributed by atoms with Gasteiger partial charge >= 0.3 is 0 Å². The lowest BCUT2D eigenvalue weighted by Crippen LogP contribution is -2.35. The van der Waals surface area contributed by atoms with Crippen LogP contribution in [0.5, 0.6) is 17.2 Å². The number of phenols is 3. The van der Waals surface area contributed by atoms with Crippen LogP contribution in [0.4, 0.5) is 11.4 Å². The third-order valence-corrected chi connectivity index (χ3v) is 19.0. The van der Waals surface area contributed by atoms with E-state index >= 15 is 0 Å². The minimum atomic E-state index is -3.66. The average Bonchev–Trinajstić information content (AvgIpc) is 3.33. The standard InChI is InChI=1S/C21H24O4S.C21H24O3S.C19H22N2O2S/c1-21(2,3)16-10-8-14(12-17(16)22)13-18(23)20-11-9-15-6-4-5-7-19(15)26(20,24)25;1-21(2,3)16-10-8-14(12-17(16)22)13-18(23)20-11-9-15-6-4-5-7-19(15)25(20)24;1-19(2,3)13-9-8-12(10-15(13)22)21-18(23)17-11-20-14-6-4-5-7-16(14)24-17/h4-8,10,12,20,22H,9,11,13H2,1-3H3;4-8,10,12,20,22H,9,11,13H2,1-3H3;4-10,17,20,22H,11H2,1-3H3,(H,21,23). The normalized spacial score (nSPS) is 18.7. The van der Waals surface area contributed by atoms with Gasteiger partial charge in [0.1, 0.15) is 27.7 Å². The van der Waals surface area contributed by atoms with Crippen LogP contribution in [-0.2, 0) is 76.9 Å². The second-order valence-corrected chi connectivity index (χ2v) is 27.5. The van der Waals surface area contributed by atoms with Crippen molar-refractivity contribution in [3.05, 3.63) is 166 Å². The highest BCUT2D eigenvalue weighted by Crippen LogP contribution is 2.38. The summed E-state index contributed by atoms with van der Waals surface area (Å²) in [6.07, 6.45) is 2.51. The number of rotatable bonds is 8. The zero-order chi connectivity index (χ0) is 54.6. The number of para-hydroxylation sites is 1. The van der Waals surface area contributed by atoms with E-state index in [4.69, 9.17) is 0 Å². The number of ketones is 2. The number of carbonyl (C=O) groups excluding carboxylic acids is 3. The summed E-state index contributed by atoms with van der Waals surface area (Å²) < 4.78 is 38.4. The molecule has 6 aromatic carbocycles. The Morgan fingerprint density at radius 2 is 1.13 bits per heavy atom. The van der Waals surface area contributed by atoms with Crippen molar-refractivity contribution in [3.8, 4) is 17.2 Å². The molecule has 0 radical (unpaired) electrons. The maximum absolute atomic E-state index is 12.8. The van der Waals surface area contributed by atoms with Gasteiger partial charge in [-0.05, 0) is 123 Å². The molecule has 0 spiro atoms. The Morgan fingerprint density at radius 3 is 1.72 bits per heavy atom. The summed E-state index contributed by atoms with van der Waals surface area (Å²) in [5.41, 5.74) is 6.98. The number of thioether (sulfide) groups is 1. The van der Waals surface area contributed by atoms with Crippen LogP contribution in [0.1, 0.15) is 114 Å². The van der Waals surface area contributed by atoms with Crippen molar-refractivity contribution in [2.75, 3.05) is 17.2 Å². The van der Waals surface area contributed by atoms with E-state index in [0.717, 1.165) is 55.3 Å².